The molecular formula is C17H19NO3. The van der Waals surface area contributed by atoms with Crippen molar-refractivity contribution >= 4 is 11.7 Å². The number of carboxylic acids is 1. The predicted molar refractivity (Wildman–Crippen MR) is 82.8 cm³/mol. The third-order valence-electron chi connectivity index (χ3n) is 3.38. The second-order valence-electron chi connectivity index (χ2n) is 4.64. The number of carbonyl (C=O) groups is 1. The number of aliphatic carboxylic acids is 1. The summed E-state index contributed by atoms with van der Waals surface area (Å²) in [6, 6.07) is 16.0. The van der Waals surface area contributed by atoms with E-state index in [-0.39, 0.29) is 0 Å². The zero-order chi connectivity index (χ0) is 15.2. The Hall–Kier alpha value is -2.49. The minimum Gasteiger partial charge on any atom is -0.497 e. The molecule has 0 spiro atoms. The molecule has 0 heterocycles. The largest absolute Gasteiger partial charge is 0.497 e. The number of anilines is 1. The molecule has 2 aromatic rings. The lowest BCUT2D eigenvalue weighted by Gasteiger charge is -2.30. The fraction of sp³-hybridized carbons (Fsp3) is 0.235. The van der Waals surface area contributed by atoms with Gasteiger partial charge in [-0.05, 0) is 36.8 Å². The molecule has 0 aliphatic heterocycles. The van der Waals surface area contributed by atoms with Crippen LogP contribution in [-0.2, 0) is 4.79 Å². The first-order valence-corrected chi connectivity index (χ1v) is 6.85. The molecule has 0 aliphatic rings. The van der Waals surface area contributed by atoms with Crippen molar-refractivity contribution in [1.29, 1.82) is 0 Å². The second-order valence-corrected chi connectivity index (χ2v) is 4.64. The van der Waals surface area contributed by atoms with E-state index in [2.05, 4.69) is 0 Å². The minimum absolute atomic E-state index is 0.595. The summed E-state index contributed by atoms with van der Waals surface area (Å²) >= 11 is 0. The van der Waals surface area contributed by atoms with Crippen LogP contribution >= 0.6 is 0 Å². The Labute approximate surface area is 124 Å². The third-order valence-corrected chi connectivity index (χ3v) is 3.38. The maximum atomic E-state index is 11.8. The van der Waals surface area contributed by atoms with Crippen LogP contribution in [0, 0.1) is 0 Å². The molecule has 110 valence electrons. The molecular weight excluding hydrogens is 266 g/mol. The van der Waals surface area contributed by atoms with Gasteiger partial charge in [-0.25, -0.2) is 4.79 Å². The Morgan fingerprint density at radius 3 is 2.48 bits per heavy atom. The lowest BCUT2D eigenvalue weighted by atomic mass is 10.0. The monoisotopic (exact) mass is 285 g/mol. The Morgan fingerprint density at radius 1 is 1.19 bits per heavy atom. The average molecular weight is 285 g/mol. The quantitative estimate of drug-likeness (QED) is 0.884. The summed E-state index contributed by atoms with van der Waals surface area (Å²) in [5.41, 5.74) is 1.59. The van der Waals surface area contributed by atoms with Crippen LogP contribution in [0.25, 0.3) is 0 Å². The molecule has 1 N–H and O–H groups in total. The SMILES string of the molecule is CCN(c1ccccc1)C(C(=O)O)c1cccc(OC)c1. The smallest absolute Gasteiger partial charge is 0.331 e. The Kier molecular flexibility index (Phi) is 4.82. The number of nitrogens with zero attached hydrogens (tertiary/aromatic N) is 1. The van der Waals surface area contributed by atoms with Gasteiger partial charge in [-0.2, -0.15) is 0 Å². The summed E-state index contributed by atoms with van der Waals surface area (Å²) in [6.07, 6.45) is 0. The van der Waals surface area contributed by atoms with Gasteiger partial charge in [0.25, 0.3) is 0 Å². The molecule has 0 fully saturated rings. The topological polar surface area (TPSA) is 49.8 Å². The Morgan fingerprint density at radius 2 is 1.90 bits per heavy atom. The summed E-state index contributed by atoms with van der Waals surface area (Å²) in [4.78, 5) is 13.6. The van der Waals surface area contributed by atoms with E-state index in [1.165, 1.54) is 0 Å². The number of benzene rings is 2. The molecule has 1 atom stereocenters. The van der Waals surface area contributed by atoms with Crippen molar-refractivity contribution in [3.8, 4) is 5.75 Å². The van der Waals surface area contributed by atoms with E-state index in [0.717, 1.165) is 5.69 Å². The minimum atomic E-state index is -0.881. The van der Waals surface area contributed by atoms with E-state index in [1.807, 2.05) is 54.3 Å². The van der Waals surface area contributed by atoms with E-state index in [4.69, 9.17) is 4.74 Å². The summed E-state index contributed by atoms with van der Waals surface area (Å²) in [5, 5.41) is 9.67. The van der Waals surface area contributed by atoms with Crippen molar-refractivity contribution in [2.24, 2.45) is 0 Å². The number of hydrogen-bond donors (Lipinski definition) is 1. The second kappa shape index (κ2) is 6.79. The first-order chi connectivity index (χ1) is 10.2. The molecule has 0 saturated carbocycles. The molecule has 0 bridgehead atoms. The van der Waals surface area contributed by atoms with Crippen LogP contribution in [0.5, 0.6) is 5.75 Å². The van der Waals surface area contributed by atoms with E-state index in [0.29, 0.717) is 17.9 Å². The van der Waals surface area contributed by atoms with Crippen molar-refractivity contribution in [2.75, 3.05) is 18.6 Å². The van der Waals surface area contributed by atoms with Crippen molar-refractivity contribution in [1.82, 2.24) is 0 Å². The normalized spacial score (nSPS) is 11.7. The van der Waals surface area contributed by atoms with Gasteiger partial charge in [0.1, 0.15) is 5.75 Å². The number of hydrogen-bond acceptors (Lipinski definition) is 3. The van der Waals surface area contributed by atoms with Crippen LogP contribution in [0.1, 0.15) is 18.5 Å². The predicted octanol–water partition coefficient (Wildman–Crippen LogP) is 3.35. The van der Waals surface area contributed by atoms with Gasteiger partial charge in [0.05, 0.1) is 7.11 Å². The van der Waals surface area contributed by atoms with Gasteiger partial charge >= 0.3 is 5.97 Å². The van der Waals surface area contributed by atoms with Crippen molar-refractivity contribution < 1.29 is 14.6 Å². The van der Waals surface area contributed by atoms with E-state index in [9.17, 15) is 9.90 Å². The highest BCUT2D eigenvalue weighted by Crippen LogP contribution is 2.29. The first kappa shape index (κ1) is 14.9. The summed E-state index contributed by atoms with van der Waals surface area (Å²) in [5.74, 6) is -0.225. The lowest BCUT2D eigenvalue weighted by molar-refractivity contribution is -0.138. The van der Waals surface area contributed by atoms with E-state index < -0.39 is 12.0 Å². The zero-order valence-corrected chi connectivity index (χ0v) is 12.2. The molecule has 1 unspecified atom stereocenters. The highest BCUT2D eigenvalue weighted by atomic mass is 16.5. The Bertz CT molecular complexity index is 598. The van der Waals surface area contributed by atoms with Crippen LogP contribution in [0.3, 0.4) is 0 Å². The Balaban J connectivity index is 2.44. The van der Waals surface area contributed by atoms with Crippen LogP contribution in [-0.4, -0.2) is 24.7 Å². The van der Waals surface area contributed by atoms with Crippen molar-refractivity contribution in [3.05, 3.63) is 60.2 Å². The third kappa shape index (κ3) is 3.34. The summed E-state index contributed by atoms with van der Waals surface area (Å²) < 4.78 is 5.19. The molecule has 2 rings (SSSR count). The van der Waals surface area contributed by atoms with E-state index >= 15 is 0 Å². The van der Waals surface area contributed by atoms with Crippen LogP contribution in [0.15, 0.2) is 54.6 Å². The maximum absolute atomic E-state index is 11.8. The molecule has 0 aromatic heterocycles. The van der Waals surface area contributed by atoms with E-state index in [1.54, 1.807) is 19.2 Å². The average Bonchev–Trinajstić information content (AvgIpc) is 2.53. The van der Waals surface area contributed by atoms with Crippen molar-refractivity contribution in [2.45, 2.75) is 13.0 Å². The molecule has 21 heavy (non-hydrogen) atoms. The summed E-state index contributed by atoms with van der Waals surface area (Å²) in [6.45, 7) is 2.54. The number of carboxylic acid groups (broad SMARTS) is 1. The molecule has 0 amide bonds. The fourth-order valence-electron chi connectivity index (χ4n) is 2.40. The van der Waals surface area contributed by atoms with Gasteiger partial charge in [-0.15, -0.1) is 0 Å². The zero-order valence-electron chi connectivity index (χ0n) is 12.2. The van der Waals surface area contributed by atoms with Crippen LogP contribution in [0.4, 0.5) is 5.69 Å². The molecule has 4 heteroatoms. The molecule has 0 radical (unpaired) electrons. The van der Waals surface area contributed by atoms with Gasteiger partial charge in [-0.3, -0.25) is 0 Å². The highest BCUT2D eigenvalue weighted by molar-refractivity contribution is 5.80. The maximum Gasteiger partial charge on any atom is 0.331 e. The highest BCUT2D eigenvalue weighted by Gasteiger charge is 2.27. The standard InChI is InChI=1S/C17H19NO3/c1-3-18(14-9-5-4-6-10-14)16(17(19)20)13-8-7-11-15(12-13)21-2/h4-12,16H,3H2,1-2H3,(H,19,20). The van der Waals surface area contributed by atoms with Gasteiger partial charge in [0.15, 0.2) is 6.04 Å². The first-order valence-electron chi connectivity index (χ1n) is 6.85. The number of para-hydroxylation sites is 1. The van der Waals surface area contributed by atoms with Crippen LogP contribution in [0.2, 0.25) is 0 Å². The van der Waals surface area contributed by atoms with Gasteiger partial charge in [-0.1, -0.05) is 30.3 Å². The molecule has 4 nitrogen and oxygen atoms in total. The number of methoxy groups -OCH3 is 1. The van der Waals surface area contributed by atoms with Crippen molar-refractivity contribution in [3.63, 3.8) is 0 Å². The van der Waals surface area contributed by atoms with Gasteiger partial charge < -0.3 is 14.7 Å². The number of ether oxygens (including phenoxy) is 1. The molecule has 0 aliphatic carbocycles. The fourth-order valence-corrected chi connectivity index (χ4v) is 2.40. The van der Waals surface area contributed by atoms with Crippen LogP contribution < -0.4 is 9.64 Å². The lowest BCUT2D eigenvalue weighted by Crippen LogP contribution is -2.34. The number of rotatable bonds is 6. The van der Waals surface area contributed by atoms with Gasteiger partial charge in [0, 0.05) is 12.2 Å². The molecule has 2 aromatic carbocycles. The number of likely N-dealkylation sites (N-methyl/N-ethyl adjacent to an activating group) is 1. The molecule has 0 saturated heterocycles. The summed E-state index contributed by atoms with van der Waals surface area (Å²) in [7, 11) is 1.57. The van der Waals surface area contributed by atoms with Gasteiger partial charge in [0.2, 0.25) is 0 Å².